The fourth-order valence-corrected chi connectivity index (χ4v) is 3.75. The van der Waals surface area contributed by atoms with E-state index in [1.165, 1.54) is 44.2 Å². The summed E-state index contributed by atoms with van der Waals surface area (Å²) in [4.78, 5) is 16.9. The maximum absolute atomic E-state index is 12.2. The standard InChI is InChI=1S/C20H32N4O/c1-23-12-14-24(15-13-23)19-10-8-18(9-11-19)22-20(25)16-21-17-6-4-2-3-5-7-17/h8-11,17,21H,2-7,12-16H2,1H3,(H,22,25). The van der Waals surface area contributed by atoms with Crippen LogP contribution in [-0.2, 0) is 4.79 Å². The summed E-state index contributed by atoms with van der Waals surface area (Å²) in [6, 6.07) is 8.75. The molecule has 1 aliphatic carbocycles. The van der Waals surface area contributed by atoms with Crippen LogP contribution in [-0.4, -0.2) is 56.6 Å². The molecule has 1 saturated heterocycles. The van der Waals surface area contributed by atoms with Crippen LogP contribution in [0.15, 0.2) is 24.3 Å². The molecule has 0 spiro atoms. The number of carbonyl (C=O) groups excluding carboxylic acids is 1. The fraction of sp³-hybridized carbons (Fsp3) is 0.650. The number of nitrogens with zero attached hydrogens (tertiary/aromatic N) is 2. The van der Waals surface area contributed by atoms with Crippen LogP contribution in [0.1, 0.15) is 38.5 Å². The minimum Gasteiger partial charge on any atom is -0.369 e. The highest BCUT2D eigenvalue weighted by Crippen LogP contribution is 2.19. The van der Waals surface area contributed by atoms with Crippen molar-refractivity contribution in [1.82, 2.24) is 10.2 Å². The van der Waals surface area contributed by atoms with Crippen LogP contribution in [0.5, 0.6) is 0 Å². The van der Waals surface area contributed by atoms with E-state index in [4.69, 9.17) is 0 Å². The Labute approximate surface area is 151 Å². The van der Waals surface area contributed by atoms with Gasteiger partial charge in [-0.05, 0) is 44.2 Å². The predicted octanol–water partition coefficient (Wildman–Crippen LogP) is 2.69. The molecule has 5 heteroatoms. The van der Waals surface area contributed by atoms with Crippen LogP contribution in [0, 0.1) is 0 Å². The van der Waals surface area contributed by atoms with E-state index in [0.717, 1.165) is 31.9 Å². The number of likely N-dealkylation sites (N-methyl/N-ethyl adjacent to an activating group) is 1. The molecule has 2 N–H and O–H groups in total. The van der Waals surface area contributed by atoms with Gasteiger partial charge < -0.3 is 20.4 Å². The molecule has 2 aliphatic rings. The summed E-state index contributed by atoms with van der Waals surface area (Å²) in [6.07, 6.45) is 7.65. The SMILES string of the molecule is CN1CCN(c2ccc(NC(=O)CNC3CCCCCC3)cc2)CC1. The Bertz CT molecular complexity index is 529. The average molecular weight is 345 g/mol. The summed E-state index contributed by atoms with van der Waals surface area (Å²) in [5.41, 5.74) is 2.12. The monoisotopic (exact) mass is 344 g/mol. The van der Waals surface area contributed by atoms with Gasteiger partial charge in [0.25, 0.3) is 0 Å². The van der Waals surface area contributed by atoms with Gasteiger partial charge in [-0.15, -0.1) is 0 Å². The lowest BCUT2D eigenvalue weighted by Crippen LogP contribution is -2.44. The second-order valence-corrected chi connectivity index (χ2v) is 7.45. The van der Waals surface area contributed by atoms with Crippen LogP contribution in [0.3, 0.4) is 0 Å². The number of amides is 1. The molecule has 5 nitrogen and oxygen atoms in total. The van der Waals surface area contributed by atoms with Gasteiger partial charge in [-0.25, -0.2) is 0 Å². The van der Waals surface area contributed by atoms with E-state index >= 15 is 0 Å². The third-order valence-corrected chi connectivity index (χ3v) is 5.43. The molecule has 1 saturated carbocycles. The minimum absolute atomic E-state index is 0.0524. The number of carbonyl (C=O) groups is 1. The zero-order chi connectivity index (χ0) is 17.5. The summed E-state index contributed by atoms with van der Waals surface area (Å²) in [6.45, 7) is 4.74. The van der Waals surface area contributed by atoms with Gasteiger partial charge in [0, 0.05) is 43.6 Å². The number of hydrogen-bond acceptors (Lipinski definition) is 4. The Morgan fingerprint density at radius 2 is 1.64 bits per heavy atom. The molecule has 3 rings (SSSR count). The van der Waals surface area contributed by atoms with Crippen LogP contribution >= 0.6 is 0 Å². The maximum atomic E-state index is 12.2. The van der Waals surface area contributed by atoms with Crippen molar-refractivity contribution in [1.29, 1.82) is 0 Å². The molecule has 2 fully saturated rings. The lowest BCUT2D eigenvalue weighted by atomic mass is 10.1. The molecule has 0 radical (unpaired) electrons. The molecule has 25 heavy (non-hydrogen) atoms. The van der Waals surface area contributed by atoms with E-state index in [2.05, 4.69) is 39.6 Å². The van der Waals surface area contributed by atoms with Gasteiger partial charge in [-0.1, -0.05) is 25.7 Å². The van der Waals surface area contributed by atoms with Gasteiger partial charge in [-0.3, -0.25) is 4.79 Å². The Hall–Kier alpha value is -1.59. The Morgan fingerprint density at radius 3 is 2.28 bits per heavy atom. The first kappa shape index (κ1) is 18.2. The van der Waals surface area contributed by atoms with Crippen LogP contribution in [0.2, 0.25) is 0 Å². The molecule has 0 bridgehead atoms. The van der Waals surface area contributed by atoms with Gasteiger partial charge in [0.2, 0.25) is 5.91 Å². The summed E-state index contributed by atoms with van der Waals surface area (Å²) >= 11 is 0. The molecule has 0 aromatic heterocycles. The molecule has 1 amide bonds. The Morgan fingerprint density at radius 1 is 1.00 bits per heavy atom. The van der Waals surface area contributed by atoms with E-state index in [1.807, 2.05) is 12.1 Å². The van der Waals surface area contributed by atoms with Crippen molar-refractivity contribution in [2.75, 3.05) is 50.0 Å². The molecule has 1 aromatic rings. The molecular formula is C20H32N4O. The van der Waals surface area contributed by atoms with Crippen LogP contribution in [0.25, 0.3) is 0 Å². The first-order valence-electron chi connectivity index (χ1n) is 9.77. The van der Waals surface area contributed by atoms with E-state index in [1.54, 1.807) is 0 Å². The highest BCUT2D eigenvalue weighted by atomic mass is 16.1. The number of hydrogen-bond donors (Lipinski definition) is 2. The van der Waals surface area contributed by atoms with Gasteiger partial charge in [0.15, 0.2) is 0 Å². The highest BCUT2D eigenvalue weighted by Gasteiger charge is 2.15. The number of benzene rings is 1. The number of nitrogens with one attached hydrogen (secondary N) is 2. The third kappa shape index (κ3) is 5.72. The van der Waals surface area contributed by atoms with E-state index in [-0.39, 0.29) is 5.91 Å². The van der Waals surface area contributed by atoms with E-state index < -0.39 is 0 Å². The summed E-state index contributed by atoms with van der Waals surface area (Å²) in [5, 5.41) is 6.43. The van der Waals surface area contributed by atoms with Gasteiger partial charge in [0.1, 0.15) is 0 Å². The second kappa shape index (κ2) is 9.20. The summed E-state index contributed by atoms with van der Waals surface area (Å²) in [7, 11) is 2.17. The molecule has 138 valence electrons. The normalized spacial score (nSPS) is 20.3. The topological polar surface area (TPSA) is 47.6 Å². The fourth-order valence-electron chi connectivity index (χ4n) is 3.75. The summed E-state index contributed by atoms with van der Waals surface area (Å²) < 4.78 is 0. The zero-order valence-corrected chi connectivity index (χ0v) is 15.5. The van der Waals surface area contributed by atoms with E-state index in [9.17, 15) is 4.79 Å². The number of piperazine rings is 1. The average Bonchev–Trinajstić information content (AvgIpc) is 2.90. The third-order valence-electron chi connectivity index (χ3n) is 5.43. The molecule has 1 aromatic carbocycles. The largest absolute Gasteiger partial charge is 0.369 e. The number of rotatable bonds is 5. The van der Waals surface area contributed by atoms with Gasteiger partial charge in [0.05, 0.1) is 6.54 Å². The lowest BCUT2D eigenvalue weighted by molar-refractivity contribution is -0.115. The van der Waals surface area contributed by atoms with Crippen molar-refractivity contribution in [2.24, 2.45) is 0 Å². The van der Waals surface area contributed by atoms with Crippen molar-refractivity contribution in [3.8, 4) is 0 Å². The van der Waals surface area contributed by atoms with E-state index in [0.29, 0.717) is 12.6 Å². The molecule has 1 heterocycles. The van der Waals surface area contributed by atoms with Crippen molar-refractivity contribution < 1.29 is 4.79 Å². The van der Waals surface area contributed by atoms with Crippen molar-refractivity contribution >= 4 is 17.3 Å². The lowest BCUT2D eigenvalue weighted by Gasteiger charge is -2.34. The Kier molecular flexibility index (Phi) is 6.70. The molecular weight excluding hydrogens is 312 g/mol. The summed E-state index contributed by atoms with van der Waals surface area (Å²) in [5.74, 6) is 0.0524. The van der Waals surface area contributed by atoms with Gasteiger partial charge in [-0.2, -0.15) is 0 Å². The smallest absolute Gasteiger partial charge is 0.238 e. The minimum atomic E-state index is 0.0524. The predicted molar refractivity (Wildman–Crippen MR) is 104 cm³/mol. The Balaban J connectivity index is 1.43. The molecule has 0 atom stereocenters. The highest BCUT2D eigenvalue weighted by molar-refractivity contribution is 5.92. The van der Waals surface area contributed by atoms with Crippen molar-refractivity contribution in [3.63, 3.8) is 0 Å². The molecule has 0 unspecified atom stereocenters. The van der Waals surface area contributed by atoms with Crippen LogP contribution < -0.4 is 15.5 Å². The molecule has 1 aliphatic heterocycles. The quantitative estimate of drug-likeness (QED) is 0.807. The first-order valence-corrected chi connectivity index (χ1v) is 9.77. The zero-order valence-electron chi connectivity index (χ0n) is 15.5. The second-order valence-electron chi connectivity index (χ2n) is 7.45. The first-order chi connectivity index (χ1) is 12.2. The van der Waals surface area contributed by atoms with Crippen molar-refractivity contribution in [3.05, 3.63) is 24.3 Å². The maximum Gasteiger partial charge on any atom is 0.238 e. The van der Waals surface area contributed by atoms with Gasteiger partial charge >= 0.3 is 0 Å². The number of anilines is 2. The van der Waals surface area contributed by atoms with Crippen LogP contribution in [0.4, 0.5) is 11.4 Å². The van der Waals surface area contributed by atoms with Crippen molar-refractivity contribution in [2.45, 2.75) is 44.6 Å².